The molecule has 2 aromatic rings. The van der Waals surface area contributed by atoms with Gasteiger partial charge in [0.25, 0.3) is 5.91 Å². The predicted molar refractivity (Wildman–Crippen MR) is 90.4 cm³/mol. The summed E-state index contributed by atoms with van der Waals surface area (Å²) in [5.74, 6) is -0.355. The van der Waals surface area contributed by atoms with Crippen molar-refractivity contribution in [2.45, 2.75) is 25.6 Å². The standard InChI is InChI=1S/C19H17F3N2O2/c20-19(21,22)15-8-4-12(5-9-15)11-23-17(25)14-2-1-3-16(10-14)24-18(26)13-6-7-13/h1-5,8-10,13H,6-7,11H2,(H,23,25)(H,24,26). The Morgan fingerprint density at radius 1 is 1.04 bits per heavy atom. The van der Waals surface area contributed by atoms with Crippen LogP contribution >= 0.6 is 0 Å². The summed E-state index contributed by atoms with van der Waals surface area (Å²) in [4.78, 5) is 24.0. The summed E-state index contributed by atoms with van der Waals surface area (Å²) < 4.78 is 37.6. The molecule has 4 nitrogen and oxygen atoms in total. The van der Waals surface area contributed by atoms with Crippen LogP contribution in [0.1, 0.15) is 34.3 Å². The third kappa shape index (κ3) is 4.62. The van der Waals surface area contributed by atoms with Gasteiger partial charge in [-0.1, -0.05) is 18.2 Å². The van der Waals surface area contributed by atoms with Gasteiger partial charge in [0.15, 0.2) is 0 Å². The lowest BCUT2D eigenvalue weighted by Crippen LogP contribution is -2.23. The lowest BCUT2D eigenvalue weighted by molar-refractivity contribution is -0.137. The maximum absolute atomic E-state index is 12.5. The Kier molecular flexibility index (Phi) is 4.97. The minimum atomic E-state index is -4.38. The first kappa shape index (κ1) is 18.0. The second kappa shape index (κ2) is 7.19. The van der Waals surface area contributed by atoms with Gasteiger partial charge in [0.05, 0.1) is 5.56 Å². The van der Waals surface area contributed by atoms with E-state index < -0.39 is 11.7 Å². The molecule has 0 spiro atoms. The molecular weight excluding hydrogens is 345 g/mol. The number of carbonyl (C=O) groups excluding carboxylic acids is 2. The number of benzene rings is 2. The Morgan fingerprint density at radius 2 is 1.73 bits per heavy atom. The molecule has 0 unspecified atom stereocenters. The van der Waals surface area contributed by atoms with Gasteiger partial charge in [-0.2, -0.15) is 13.2 Å². The molecule has 1 aliphatic carbocycles. The fraction of sp³-hybridized carbons (Fsp3) is 0.263. The molecule has 3 rings (SSSR count). The van der Waals surface area contributed by atoms with E-state index in [0.717, 1.165) is 25.0 Å². The number of rotatable bonds is 5. The molecule has 2 amide bonds. The molecule has 0 saturated heterocycles. The van der Waals surface area contributed by atoms with Crippen LogP contribution in [0.15, 0.2) is 48.5 Å². The van der Waals surface area contributed by atoms with Crippen LogP contribution in [0.2, 0.25) is 0 Å². The minimum absolute atomic E-state index is 0.0488. The minimum Gasteiger partial charge on any atom is -0.348 e. The zero-order valence-electron chi connectivity index (χ0n) is 13.8. The Balaban J connectivity index is 1.58. The summed E-state index contributed by atoms with van der Waals surface area (Å²) in [6.45, 7) is 0.107. The van der Waals surface area contributed by atoms with E-state index in [1.54, 1.807) is 24.3 Å². The van der Waals surface area contributed by atoms with E-state index in [1.165, 1.54) is 12.1 Å². The lowest BCUT2D eigenvalue weighted by atomic mass is 10.1. The quantitative estimate of drug-likeness (QED) is 0.845. The monoisotopic (exact) mass is 362 g/mol. The van der Waals surface area contributed by atoms with Gasteiger partial charge in [0.2, 0.25) is 5.91 Å². The molecule has 1 fully saturated rings. The van der Waals surface area contributed by atoms with Crippen molar-refractivity contribution >= 4 is 17.5 Å². The van der Waals surface area contributed by atoms with Crippen LogP contribution in [0.25, 0.3) is 0 Å². The zero-order chi connectivity index (χ0) is 18.7. The van der Waals surface area contributed by atoms with Crippen LogP contribution in [-0.2, 0) is 17.5 Å². The maximum Gasteiger partial charge on any atom is 0.416 e. The number of halogens is 3. The van der Waals surface area contributed by atoms with E-state index in [0.29, 0.717) is 16.8 Å². The summed E-state index contributed by atoms with van der Waals surface area (Å²) in [6.07, 6.45) is -2.61. The van der Waals surface area contributed by atoms with Crippen molar-refractivity contribution in [3.8, 4) is 0 Å². The van der Waals surface area contributed by atoms with Gasteiger partial charge in [0, 0.05) is 23.7 Å². The number of hydrogen-bond donors (Lipinski definition) is 2. The Hall–Kier alpha value is -2.83. The second-order valence-corrected chi connectivity index (χ2v) is 6.22. The summed E-state index contributed by atoms with van der Waals surface area (Å²) in [6, 6.07) is 11.2. The van der Waals surface area contributed by atoms with E-state index in [1.807, 2.05) is 0 Å². The van der Waals surface area contributed by atoms with Crippen LogP contribution in [0.5, 0.6) is 0 Å². The highest BCUT2D eigenvalue weighted by atomic mass is 19.4. The zero-order valence-corrected chi connectivity index (χ0v) is 13.8. The average molecular weight is 362 g/mol. The largest absolute Gasteiger partial charge is 0.416 e. The lowest BCUT2D eigenvalue weighted by Gasteiger charge is -2.10. The van der Waals surface area contributed by atoms with Crippen LogP contribution in [0.4, 0.5) is 18.9 Å². The average Bonchev–Trinajstić information content (AvgIpc) is 3.44. The second-order valence-electron chi connectivity index (χ2n) is 6.22. The molecule has 0 heterocycles. The molecule has 0 aromatic heterocycles. The predicted octanol–water partition coefficient (Wildman–Crippen LogP) is 3.98. The van der Waals surface area contributed by atoms with Gasteiger partial charge < -0.3 is 10.6 Å². The third-order valence-electron chi connectivity index (χ3n) is 4.07. The molecule has 2 aromatic carbocycles. The topological polar surface area (TPSA) is 58.2 Å². The maximum atomic E-state index is 12.5. The van der Waals surface area contributed by atoms with Gasteiger partial charge in [0.1, 0.15) is 0 Å². The van der Waals surface area contributed by atoms with Crippen LogP contribution in [0.3, 0.4) is 0 Å². The molecule has 0 atom stereocenters. The number of carbonyl (C=O) groups is 2. The van der Waals surface area contributed by atoms with Gasteiger partial charge in [-0.3, -0.25) is 9.59 Å². The number of nitrogens with one attached hydrogen (secondary N) is 2. The number of amides is 2. The number of alkyl halides is 3. The molecule has 0 radical (unpaired) electrons. The molecule has 0 aliphatic heterocycles. The number of anilines is 1. The van der Waals surface area contributed by atoms with Gasteiger partial charge in [-0.15, -0.1) is 0 Å². The van der Waals surface area contributed by atoms with Crippen molar-refractivity contribution in [2.24, 2.45) is 5.92 Å². The van der Waals surface area contributed by atoms with E-state index in [2.05, 4.69) is 10.6 Å². The van der Waals surface area contributed by atoms with E-state index in [9.17, 15) is 22.8 Å². The molecule has 1 aliphatic rings. The fourth-order valence-corrected chi connectivity index (χ4v) is 2.42. The summed E-state index contributed by atoms with van der Waals surface area (Å²) >= 11 is 0. The fourth-order valence-electron chi connectivity index (χ4n) is 2.42. The highest BCUT2D eigenvalue weighted by molar-refractivity contribution is 5.98. The van der Waals surface area contributed by atoms with Crippen LogP contribution in [-0.4, -0.2) is 11.8 Å². The molecule has 2 N–H and O–H groups in total. The first-order chi connectivity index (χ1) is 12.3. The highest BCUT2D eigenvalue weighted by Crippen LogP contribution is 2.30. The van der Waals surface area contributed by atoms with E-state index >= 15 is 0 Å². The van der Waals surface area contributed by atoms with Crippen molar-refractivity contribution in [1.29, 1.82) is 0 Å². The van der Waals surface area contributed by atoms with Crippen LogP contribution in [0, 0.1) is 5.92 Å². The smallest absolute Gasteiger partial charge is 0.348 e. The Labute approximate surface area is 148 Å². The van der Waals surface area contributed by atoms with E-state index in [4.69, 9.17) is 0 Å². The molecule has 26 heavy (non-hydrogen) atoms. The van der Waals surface area contributed by atoms with Crippen molar-refractivity contribution in [1.82, 2.24) is 5.32 Å². The van der Waals surface area contributed by atoms with Crippen molar-refractivity contribution in [3.05, 3.63) is 65.2 Å². The van der Waals surface area contributed by atoms with Gasteiger partial charge in [-0.05, 0) is 48.7 Å². The third-order valence-corrected chi connectivity index (χ3v) is 4.07. The van der Waals surface area contributed by atoms with Crippen molar-refractivity contribution in [2.75, 3.05) is 5.32 Å². The van der Waals surface area contributed by atoms with Gasteiger partial charge in [-0.25, -0.2) is 0 Å². The molecule has 7 heteroatoms. The van der Waals surface area contributed by atoms with Gasteiger partial charge >= 0.3 is 6.18 Å². The number of hydrogen-bond acceptors (Lipinski definition) is 2. The van der Waals surface area contributed by atoms with Crippen molar-refractivity contribution < 1.29 is 22.8 Å². The first-order valence-electron chi connectivity index (χ1n) is 8.18. The summed E-state index contributed by atoms with van der Waals surface area (Å²) in [5, 5.41) is 5.42. The Bertz CT molecular complexity index is 812. The van der Waals surface area contributed by atoms with E-state index in [-0.39, 0.29) is 24.3 Å². The summed E-state index contributed by atoms with van der Waals surface area (Å²) in [7, 11) is 0. The van der Waals surface area contributed by atoms with Crippen molar-refractivity contribution in [3.63, 3.8) is 0 Å². The SMILES string of the molecule is O=C(NCc1ccc(C(F)(F)F)cc1)c1cccc(NC(=O)C2CC2)c1. The Morgan fingerprint density at radius 3 is 2.35 bits per heavy atom. The normalized spacial score (nSPS) is 14.0. The molecule has 0 bridgehead atoms. The first-order valence-corrected chi connectivity index (χ1v) is 8.18. The molecule has 1 saturated carbocycles. The van der Waals surface area contributed by atoms with Crippen LogP contribution < -0.4 is 10.6 Å². The highest BCUT2D eigenvalue weighted by Gasteiger charge is 2.30. The molecular formula is C19H17F3N2O2. The summed E-state index contributed by atoms with van der Waals surface area (Å²) in [5.41, 5.74) is 0.741. The molecule has 136 valence electrons.